The molecule has 1 heterocycles. The van der Waals surface area contributed by atoms with Crippen molar-refractivity contribution in [3.8, 4) is 0 Å². The number of alkyl halides is 1. The van der Waals surface area contributed by atoms with E-state index in [-0.39, 0.29) is 5.91 Å². The molecule has 0 aromatic carbocycles. The molecule has 1 amide bonds. The zero-order valence-corrected chi connectivity index (χ0v) is 15.0. The van der Waals surface area contributed by atoms with E-state index in [9.17, 15) is 9.59 Å². The second-order valence-electron chi connectivity index (χ2n) is 5.79. The standard InChI is InChI=1S/C15H23BrN2O4/c1-15(2,3)22-14(20)11-7-9-18(21-4)12(10-11)17-13(19)6-5-8-16/h7,9-10,12H,5-6,8H2,1-4H3,(H,17,19). The van der Waals surface area contributed by atoms with Gasteiger partial charge in [0.15, 0.2) is 0 Å². The van der Waals surface area contributed by atoms with Gasteiger partial charge in [-0.05, 0) is 39.3 Å². The molecule has 1 N–H and O–H groups in total. The number of amides is 1. The third kappa shape index (κ3) is 6.19. The number of hydrogen-bond acceptors (Lipinski definition) is 5. The van der Waals surface area contributed by atoms with Crippen molar-refractivity contribution < 1.29 is 19.2 Å². The normalized spacial score (nSPS) is 18.0. The number of ether oxygens (including phenoxy) is 1. The average Bonchev–Trinajstić information content (AvgIpc) is 2.43. The summed E-state index contributed by atoms with van der Waals surface area (Å²) in [6.07, 6.45) is 5.40. The van der Waals surface area contributed by atoms with E-state index >= 15 is 0 Å². The molecule has 0 fully saturated rings. The lowest BCUT2D eigenvalue weighted by atomic mass is 10.1. The van der Waals surface area contributed by atoms with Crippen molar-refractivity contribution in [2.24, 2.45) is 0 Å². The molecule has 1 aliphatic rings. The number of halogens is 1. The van der Waals surface area contributed by atoms with E-state index in [0.717, 1.165) is 11.8 Å². The van der Waals surface area contributed by atoms with Crippen molar-refractivity contribution in [2.75, 3.05) is 12.4 Å². The molecule has 0 saturated heterocycles. The molecule has 22 heavy (non-hydrogen) atoms. The SMILES string of the molecule is CON1C=CC(C(=O)OC(C)(C)C)=CC1NC(=O)CCCBr. The maximum Gasteiger partial charge on any atom is 0.338 e. The smallest absolute Gasteiger partial charge is 0.338 e. The molecular formula is C15H23BrN2O4. The van der Waals surface area contributed by atoms with Crippen LogP contribution in [0.3, 0.4) is 0 Å². The monoisotopic (exact) mass is 374 g/mol. The lowest BCUT2D eigenvalue weighted by Gasteiger charge is -2.30. The average molecular weight is 375 g/mol. The van der Waals surface area contributed by atoms with Gasteiger partial charge < -0.3 is 10.1 Å². The molecule has 0 bridgehead atoms. The first-order chi connectivity index (χ1) is 10.3. The van der Waals surface area contributed by atoms with Gasteiger partial charge in [-0.2, -0.15) is 0 Å². The molecule has 7 heteroatoms. The van der Waals surface area contributed by atoms with Crippen LogP contribution in [-0.4, -0.2) is 41.1 Å². The molecule has 0 spiro atoms. The fraction of sp³-hybridized carbons (Fsp3) is 0.600. The molecule has 0 aromatic heterocycles. The van der Waals surface area contributed by atoms with Crippen LogP contribution in [0.2, 0.25) is 0 Å². The Morgan fingerprint density at radius 2 is 2.09 bits per heavy atom. The van der Waals surface area contributed by atoms with Crippen molar-refractivity contribution in [1.29, 1.82) is 0 Å². The first-order valence-corrected chi connectivity index (χ1v) is 8.20. The number of nitrogens with zero attached hydrogens (tertiary/aromatic N) is 1. The van der Waals surface area contributed by atoms with E-state index in [2.05, 4.69) is 21.2 Å². The van der Waals surface area contributed by atoms with Gasteiger partial charge in [0, 0.05) is 18.0 Å². The summed E-state index contributed by atoms with van der Waals surface area (Å²) < 4.78 is 5.33. The Morgan fingerprint density at radius 3 is 2.64 bits per heavy atom. The minimum Gasteiger partial charge on any atom is -0.456 e. The number of esters is 1. The van der Waals surface area contributed by atoms with E-state index in [0.29, 0.717) is 12.0 Å². The molecule has 0 radical (unpaired) electrons. The summed E-state index contributed by atoms with van der Waals surface area (Å²) in [5, 5.41) is 5.03. The first-order valence-electron chi connectivity index (χ1n) is 7.08. The van der Waals surface area contributed by atoms with Crippen LogP contribution in [0.5, 0.6) is 0 Å². The summed E-state index contributed by atoms with van der Waals surface area (Å²) in [6.45, 7) is 5.41. The Balaban J connectivity index is 2.77. The molecule has 1 aliphatic heterocycles. The zero-order chi connectivity index (χ0) is 16.8. The van der Waals surface area contributed by atoms with Gasteiger partial charge in [0.2, 0.25) is 5.91 Å². The summed E-state index contributed by atoms with van der Waals surface area (Å²) in [6, 6.07) is 0. The molecule has 1 rings (SSSR count). The molecule has 6 nitrogen and oxygen atoms in total. The second kappa shape index (κ2) is 8.33. The van der Waals surface area contributed by atoms with Crippen LogP contribution in [0.1, 0.15) is 33.6 Å². The highest BCUT2D eigenvalue weighted by Gasteiger charge is 2.25. The lowest BCUT2D eigenvalue weighted by molar-refractivity contribution is -0.150. The summed E-state index contributed by atoms with van der Waals surface area (Å²) in [5.41, 5.74) is -0.187. The molecule has 1 atom stereocenters. The van der Waals surface area contributed by atoms with E-state index < -0.39 is 17.7 Å². The first kappa shape index (κ1) is 18.7. The van der Waals surface area contributed by atoms with Gasteiger partial charge in [0.05, 0.1) is 12.7 Å². The summed E-state index contributed by atoms with van der Waals surface area (Å²) in [7, 11) is 1.49. The Labute approximate surface area is 139 Å². The van der Waals surface area contributed by atoms with Crippen LogP contribution in [0, 0.1) is 0 Å². The van der Waals surface area contributed by atoms with Gasteiger partial charge in [-0.15, -0.1) is 0 Å². The van der Waals surface area contributed by atoms with E-state index in [1.54, 1.807) is 39.1 Å². The summed E-state index contributed by atoms with van der Waals surface area (Å²) >= 11 is 3.29. The van der Waals surface area contributed by atoms with Crippen LogP contribution in [0.15, 0.2) is 23.9 Å². The largest absolute Gasteiger partial charge is 0.456 e. The third-order valence-corrected chi connectivity index (χ3v) is 3.27. The van der Waals surface area contributed by atoms with Crippen LogP contribution in [-0.2, 0) is 19.2 Å². The van der Waals surface area contributed by atoms with Crippen molar-refractivity contribution >= 4 is 27.8 Å². The van der Waals surface area contributed by atoms with Gasteiger partial charge in [0.1, 0.15) is 11.8 Å². The predicted octanol–water partition coefficient (Wildman–Crippen LogP) is 2.26. The van der Waals surface area contributed by atoms with Gasteiger partial charge >= 0.3 is 5.97 Å². The topological polar surface area (TPSA) is 67.9 Å². The summed E-state index contributed by atoms with van der Waals surface area (Å²) in [4.78, 5) is 29.1. The molecule has 124 valence electrons. The summed E-state index contributed by atoms with van der Waals surface area (Å²) in [5.74, 6) is -0.541. The fourth-order valence-corrected chi connectivity index (χ4v) is 2.04. The minimum absolute atomic E-state index is 0.110. The maximum absolute atomic E-state index is 12.1. The number of hydrogen-bond donors (Lipinski definition) is 1. The van der Waals surface area contributed by atoms with E-state index in [1.807, 2.05) is 0 Å². The highest BCUT2D eigenvalue weighted by molar-refractivity contribution is 9.09. The molecule has 0 saturated carbocycles. The Bertz CT molecular complexity index is 469. The quantitative estimate of drug-likeness (QED) is 0.570. The molecule has 1 unspecified atom stereocenters. The zero-order valence-electron chi connectivity index (χ0n) is 13.4. The third-order valence-electron chi connectivity index (χ3n) is 2.70. The number of hydroxylamine groups is 2. The van der Waals surface area contributed by atoms with Crippen LogP contribution >= 0.6 is 15.9 Å². The van der Waals surface area contributed by atoms with E-state index in [1.165, 1.54) is 12.2 Å². The lowest BCUT2D eigenvalue weighted by Crippen LogP contribution is -2.45. The van der Waals surface area contributed by atoms with Crippen LogP contribution in [0.4, 0.5) is 0 Å². The highest BCUT2D eigenvalue weighted by atomic mass is 79.9. The van der Waals surface area contributed by atoms with Crippen molar-refractivity contribution in [3.63, 3.8) is 0 Å². The van der Waals surface area contributed by atoms with Crippen molar-refractivity contribution in [1.82, 2.24) is 10.4 Å². The fourth-order valence-electron chi connectivity index (χ4n) is 1.76. The van der Waals surface area contributed by atoms with Gasteiger partial charge in [-0.1, -0.05) is 15.9 Å². The second-order valence-corrected chi connectivity index (χ2v) is 6.58. The number of carbonyl (C=O) groups is 2. The highest BCUT2D eigenvalue weighted by Crippen LogP contribution is 2.17. The maximum atomic E-state index is 12.1. The van der Waals surface area contributed by atoms with Gasteiger partial charge in [-0.25, -0.2) is 9.86 Å². The molecule has 0 aromatic rings. The number of nitrogens with one attached hydrogen (secondary N) is 1. The van der Waals surface area contributed by atoms with Crippen molar-refractivity contribution in [2.45, 2.75) is 45.4 Å². The van der Waals surface area contributed by atoms with Crippen molar-refractivity contribution in [3.05, 3.63) is 23.9 Å². The minimum atomic E-state index is -0.571. The Morgan fingerprint density at radius 1 is 1.41 bits per heavy atom. The van der Waals surface area contributed by atoms with E-state index in [4.69, 9.17) is 9.57 Å². The van der Waals surface area contributed by atoms with Crippen LogP contribution in [0.25, 0.3) is 0 Å². The van der Waals surface area contributed by atoms with Gasteiger partial charge in [-0.3, -0.25) is 9.63 Å². The predicted molar refractivity (Wildman–Crippen MR) is 86.9 cm³/mol. The number of rotatable bonds is 6. The number of carbonyl (C=O) groups excluding carboxylic acids is 2. The Hall–Kier alpha value is -1.34. The molecule has 0 aliphatic carbocycles. The Kier molecular flexibility index (Phi) is 7.09. The molecular weight excluding hydrogens is 352 g/mol. The van der Waals surface area contributed by atoms with Gasteiger partial charge in [0.25, 0.3) is 0 Å². The van der Waals surface area contributed by atoms with Crippen LogP contribution < -0.4 is 5.32 Å².